The van der Waals surface area contributed by atoms with Crippen molar-refractivity contribution in [3.8, 4) is 0 Å². The van der Waals surface area contributed by atoms with E-state index in [1.807, 2.05) is 0 Å². The second-order valence-corrected chi connectivity index (χ2v) is 13.1. The lowest BCUT2D eigenvalue weighted by Crippen LogP contribution is -2.57. The van der Waals surface area contributed by atoms with E-state index in [1.165, 1.54) is 14.7 Å². The van der Waals surface area contributed by atoms with Gasteiger partial charge in [0.2, 0.25) is 0 Å². The Morgan fingerprint density at radius 2 is 0.675 bits per heavy atom. The number of hydrogen-bond acceptors (Lipinski definition) is 4. The fourth-order valence-electron chi connectivity index (χ4n) is 2.63. The molecule has 0 amide bonds. The van der Waals surface area contributed by atoms with Gasteiger partial charge in [-0.1, -0.05) is 58.7 Å². The lowest BCUT2D eigenvalue weighted by molar-refractivity contribution is -0.242. The standard InChI is InChI=1S/C18H15S.C4HF10NO4S2/c1-4-10-16(11-5-1)19(17-12-6-2-7-13-17)18-14-8-3-9-15-18;5-1(6,7)3(11,12)20(16,17)15-21(18,19)4(13,14)2(8,9)10/h1-15H;15H/q+1;. The average Bonchev–Trinajstić information content (AvgIpc) is 2.84. The average molecular weight is 645 g/mol. The molecular weight excluding hydrogens is 628 g/mol. The SMILES string of the molecule is O=S(=O)(NS(=O)(=O)C(F)(F)C(F)(F)F)C(F)(F)C(F)(F)F.c1ccc([S+](c2ccccc2)c2ccccc2)cc1. The van der Waals surface area contributed by atoms with Crippen molar-refractivity contribution >= 4 is 30.9 Å². The van der Waals surface area contributed by atoms with Gasteiger partial charge in [-0.15, -0.1) is 0 Å². The largest absolute Gasteiger partial charge is 0.471 e. The first kappa shape index (κ1) is 33.4. The van der Waals surface area contributed by atoms with Crippen LogP contribution in [0.5, 0.6) is 0 Å². The van der Waals surface area contributed by atoms with Gasteiger partial charge in [0.15, 0.2) is 14.7 Å². The molecule has 1 N–H and O–H groups in total. The van der Waals surface area contributed by atoms with E-state index >= 15 is 0 Å². The van der Waals surface area contributed by atoms with E-state index in [0.29, 0.717) is 0 Å². The van der Waals surface area contributed by atoms with E-state index in [0.717, 1.165) is 0 Å². The molecule has 0 aliphatic heterocycles. The van der Waals surface area contributed by atoms with Gasteiger partial charge < -0.3 is 0 Å². The molecule has 0 bridgehead atoms. The summed E-state index contributed by atoms with van der Waals surface area (Å²) in [5.74, 6) is 0. The second-order valence-electron chi connectivity index (χ2n) is 7.36. The Morgan fingerprint density at radius 1 is 0.450 bits per heavy atom. The molecule has 0 heterocycles. The van der Waals surface area contributed by atoms with E-state index in [4.69, 9.17) is 0 Å². The van der Waals surface area contributed by atoms with E-state index in [9.17, 15) is 60.7 Å². The molecule has 0 fully saturated rings. The minimum absolute atomic E-state index is 0.0146. The Kier molecular flexibility index (Phi) is 9.98. The first-order valence-electron chi connectivity index (χ1n) is 10.2. The Labute approximate surface area is 224 Å². The summed E-state index contributed by atoms with van der Waals surface area (Å²) in [5, 5.41) is -13.9. The van der Waals surface area contributed by atoms with Crippen LogP contribution in [0.4, 0.5) is 43.9 Å². The smallest absolute Gasteiger partial charge is 0.205 e. The van der Waals surface area contributed by atoms with Crippen LogP contribution in [0.15, 0.2) is 106 Å². The third kappa shape index (κ3) is 7.27. The molecule has 0 aliphatic rings. The van der Waals surface area contributed by atoms with Crippen LogP contribution in [0, 0.1) is 0 Å². The van der Waals surface area contributed by atoms with Crippen LogP contribution in [0.2, 0.25) is 0 Å². The monoisotopic (exact) mass is 644 g/mol. The van der Waals surface area contributed by atoms with E-state index in [-0.39, 0.29) is 10.9 Å². The summed E-state index contributed by atoms with van der Waals surface area (Å²) in [6, 6.07) is 32.2. The predicted molar refractivity (Wildman–Crippen MR) is 124 cm³/mol. The van der Waals surface area contributed by atoms with Crippen LogP contribution in [-0.2, 0) is 30.9 Å². The predicted octanol–water partition coefficient (Wildman–Crippen LogP) is 6.33. The normalized spacial score (nSPS) is 13.5. The summed E-state index contributed by atoms with van der Waals surface area (Å²) < 4.78 is 160. The molecular formula is C22H16F10NO4S3+. The van der Waals surface area contributed by atoms with Crippen molar-refractivity contribution in [3.63, 3.8) is 0 Å². The minimum Gasteiger partial charge on any atom is -0.205 e. The van der Waals surface area contributed by atoms with Crippen molar-refractivity contribution < 1.29 is 60.7 Å². The van der Waals surface area contributed by atoms with E-state index < -0.39 is 47.0 Å². The van der Waals surface area contributed by atoms with Gasteiger partial charge in [-0.25, -0.2) is 16.8 Å². The number of hydrogen-bond donors (Lipinski definition) is 1. The third-order valence-electron chi connectivity index (χ3n) is 4.49. The number of benzene rings is 3. The summed E-state index contributed by atoms with van der Waals surface area (Å²) >= 11 is 0. The summed E-state index contributed by atoms with van der Waals surface area (Å²) in [7, 11) is -15.0. The van der Waals surface area contributed by atoms with Crippen LogP contribution in [-0.4, -0.2) is 39.7 Å². The molecule has 0 spiro atoms. The highest BCUT2D eigenvalue weighted by molar-refractivity contribution is 8.05. The first-order valence-corrected chi connectivity index (χ1v) is 14.4. The molecule has 40 heavy (non-hydrogen) atoms. The Hall–Kier alpha value is -2.83. The molecule has 5 nitrogen and oxygen atoms in total. The van der Waals surface area contributed by atoms with Crippen molar-refractivity contribution in [1.82, 2.24) is 4.13 Å². The van der Waals surface area contributed by atoms with Crippen LogP contribution in [0.3, 0.4) is 0 Å². The van der Waals surface area contributed by atoms with Gasteiger partial charge in [0.25, 0.3) is 20.0 Å². The van der Waals surface area contributed by atoms with Crippen LogP contribution in [0.1, 0.15) is 0 Å². The number of alkyl halides is 10. The quantitative estimate of drug-likeness (QED) is 0.241. The Morgan fingerprint density at radius 3 is 0.875 bits per heavy atom. The third-order valence-corrected chi connectivity index (χ3v) is 10.3. The molecule has 3 rings (SSSR count). The highest BCUT2D eigenvalue weighted by Gasteiger charge is 2.73. The minimum atomic E-state index is -7.49. The zero-order chi connectivity index (χ0) is 30.6. The number of halogens is 10. The maximum atomic E-state index is 12.4. The molecule has 18 heteroatoms. The number of sulfonamides is 2. The van der Waals surface area contributed by atoms with Gasteiger partial charge in [0, 0.05) is 0 Å². The van der Waals surface area contributed by atoms with Crippen molar-refractivity contribution in [2.75, 3.05) is 0 Å². The molecule has 0 aromatic heterocycles. The molecule has 0 aliphatic carbocycles. The van der Waals surface area contributed by atoms with E-state index in [2.05, 4.69) is 91.0 Å². The molecule has 3 aromatic carbocycles. The van der Waals surface area contributed by atoms with Crippen molar-refractivity contribution in [1.29, 1.82) is 0 Å². The topological polar surface area (TPSA) is 80.3 Å². The summed E-state index contributed by atoms with van der Waals surface area (Å²) in [6.07, 6.45) is -13.9. The summed E-state index contributed by atoms with van der Waals surface area (Å²) in [5.41, 5.74) is 0. The zero-order valence-electron chi connectivity index (χ0n) is 19.3. The van der Waals surface area contributed by atoms with Crippen LogP contribution >= 0.6 is 0 Å². The second kappa shape index (κ2) is 12.0. The van der Waals surface area contributed by atoms with Crippen LogP contribution < -0.4 is 4.13 Å². The van der Waals surface area contributed by atoms with Gasteiger partial charge >= 0.3 is 22.9 Å². The van der Waals surface area contributed by atoms with Crippen molar-refractivity contribution in [3.05, 3.63) is 91.0 Å². The zero-order valence-corrected chi connectivity index (χ0v) is 21.7. The molecule has 0 saturated heterocycles. The van der Waals surface area contributed by atoms with Gasteiger partial charge in [0.05, 0.1) is 10.9 Å². The number of rotatable bonds is 7. The van der Waals surface area contributed by atoms with Gasteiger partial charge in [-0.3, -0.25) is 0 Å². The maximum absolute atomic E-state index is 12.4. The maximum Gasteiger partial charge on any atom is 0.471 e. The first-order chi connectivity index (χ1) is 18.2. The highest BCUT2D eigenvalue weighted by Crippen LogP contribution is 2.43. The number of nitrogens with one attached hydrogen (secondary N) is 1. The van der Waals surface area contributed by atoms with Gasteiger partial charge in [-0.2, -0.15) is 43.9 Å². The molecule has 220 valence electrons. The van der Waals surface area contributed by atoms with Crippen molar-refractivity contribution in [2.24, 2.45) is 0 Å². The van der Waals surface area contributed by atoms with E-state index in [1.54, 1.807) is 0 Å². The lowest BCUT2D eigenvalue weighted by atomic mass is 10.4. The van der Waals surface area contributed by atoms with Crippen molar-refractivity contribution in [2.45, 2.75) is 37.5 Å². The lowest BCUT2D eigenvalue weighted by Gasteiger charge is -2.23. The Bertz CT molecular complexity index is 1320. The fraction of sp³-hybridized carbons (Fsp3) is 0.182. The molecule has 0 saturated carbocycles. The summed E-state index contributed by atoms with van der Waals surface area (Å²) in [6.45, 7) is 0. The van der Waals surface area contributed by atoms with Gasteiger partial charge in [0.1, 0.15) is 0 Å². The Balaban J connectivity index is 0.000000281. The molecule has 0 atom stereocenters. The van der Waals surface area contributed by atoms with Crippen LogP contribution in [0.25, 0.3) is 0 Å². The highest BCUT2D eigenvalue weighted by atomic mass is 32.3. The fourth-order valence-corrected chi connectivity index (χ4v) is 7.34. The molecule has 3 aromatic rings. The molecule has 0 radical (unpaired) electrons. The molecule has 0 unspecified atom stereocenters. The summed E-state index contributed by atoms with van der Waals surface area (Å²) in [4.78, 5) is 4.08. The van der Waals surface area contributed by atoms with Gasteiger partial charge in [-0.05, 0) is 36.4 Å².